The summed E-state index contributed by atoms with van der Waals surface area (Å²) >= 11 is 11.5. The van der Waals surface area contributed by atoms with Crippen LogP contribution in [-0.4, -0.2) is 16.8 Å². The molecular weight excluding hydrogens is 247 g/mol. The number of rotatable bonds is 2. The summed E-state index contributed by atoms with van der Waals surface area (Å²) < 4.78 is 0. The second kappa shape index (κ2) is 4.85. The van der Waals surface area contributed by atoms with E-state index in [4.69, 9.17) is 23.2 Å². The predicted octanol–water partition coefficient (Wildman–Crippen LogP) is 2.84. The Hall–Kier alpha value is -1.06. The van der Waals surface area contributed by atoms with E-state index in [2.05, 4.69) is 4.98 Å². The smallest absolute Gasteiger partial charge is 0.228 e. The highest BCUT2D eigenvalue weighted by molar-refractivity contribution is 6.64. The van der Waals surface area contributed by atoms with Crippen molar-refractivity contribution in [3.8, 4) is 0 Å². The van der Waals surface area contributed by atoms with Gasteiger partial charge in [0.1, 0.15) is 0 Å². The van der Waals surface area contributed by atoms with Gasteiger partial charge in [-0.05, 0) is 30.2 Å². The highest BCUT2D eigenvalue weighted by Gasteiger charge is 2.20. The maximum atomic E-state index is 11.0. The minimum Gasteiger partial charge on any atom is -0.332 e. The second-order valence-electron chi connectivity index (χ2n) is 3.54. The van der Waals surface area contributed by atoms with E-state index in [1.807, 2.05) is 11.1 Å². The van der Waals surface area contributed by atoms with Crippen molar-refractivity contribution in [2.45, 2.75) is 6.42 Å². The first-order chi connectivity index (χ1) is 7.68. The van der Waals surface area contributed by atoms with Crippen LogP contribution in [0.25, 0.3) is 0 Å². The summed E-state index contributed by atoms with van der Waals surface area (Å²) in [6.45, 7) is 0.691. The first kappa shape index (κ1) is 11.4. The number of allylic oxidation sites excluding steroid dienone is 1. The molecule has 0 spiro atoms. The molecule has 0 amide bonds. The molecule has 0 aliphatic carbocycles. The van der Waals surface area contributed by atoms with Crippen LogP contribution in [0.3, 0.4) is 0 Å². The summed E-state index contributed by atoms with van der Waals surface area (Å²) in [4.78, 5) is 17.1. The van der Waals surface area contributed by atoms with Gasteiger partial charge in [0.15, 0.2) is 5.82 Å². The molecule has 1 aromatic heterocycles. The van der Waals surface area contributed by atoms with Crippen molar-refractivity contribution >= 4 is 34.3 Å². The van der Waals surface area contributed by atoms with Crippen molar-refractivity contribution in [3.63, 3.8) is 0 Å². The quantitative estimate of drug-likeness (QED) is 0.764. The first-order valence-corrected chi connectivity index (χ1v) is 5.69. The molecule has 0 aromatic carbocycles. The van der Waals surface area contributed by atoms with Gasteiger partial charge in [-0.2, -0.15) is 0 Å². The van der Waals surface area contributed by atoms with Crippen LogP contribution < -0.4 is 4.90 Å². The van der Waals surface area contributed by atoms with Gasteiger partial charge in [-0.1, -0.05) is 17.7 Å². The van der Waals surface area contributed by atoms with Crippen LogP contribution in [-0.2, 0) is 4.79 Å². The molecule has 84 valence electrons. The van der Waals surface area contributed by atoms with Crippen molar-refractivity contribution in [1.82, 2.24) is 4.98 Å². The predicted molar refractivity (Wildman–Crippen MR) is 64.7 cm³/mol. The minimum atomic E-state index is -0.317. The number of hydrogen-bond acceptors (Lipinski definition) is 3. The fourth-order valence-corrected chi connectivity index (χ4v) is 2.02. The molecule has 3 nitrogen and oxygen atoms in total. The van der Waals surface area contributed by atoms with Crippen LogP contribution in [0.2, 0.25) is 5.02 Å². The Kier molecular flexibility index (Phi) is 3.46. The molecule has 1 unspecified atom stereocenters. The first-order valence-electron chi connectivity index (χ1n) is 4.93. The third-order valence-corrected chi connectivity index (χ3v) is 3.06. The standard InChI is InChI=1S/C11H10Cl2N2O/c12-9-2-1-5-14-11(9)15-6-3-8(4-7-15)10(13)16/h1-3,5-6,8H,4,7H2. The van der Waals surface area contributed by atoms with E-state index < -0.39 is 0 Å². The Balaban J connectivity index is 2.18. The Morgan fingerprint density at radius 3 is 2.94 bits per heavy atom. The molecule has 2 rings (SSSR count). The Labute approximate surface area is 104 Å². The van der Waals surface area contributed by atoms with Gasteiger partial charge in [0.2, 0.25) is 5.24 Å². The van der Waals surface area contributed by atoms with Crippen LogP contribution in [0.4, 0.5) is 5.82 Å². The fourth-order valence-electron chi connectivity index (χ4n) is 1.61. The molecule has 2 heterocycles. The molecule has 1 atom stereocenters. The number of pyridine rings is 1. The molecule has 1 aliphatic rings. The van der Waals surface area contributed by atoms with E-state index >= 15 is 0 Å². The number of aromatic nitrogens is 1. The Morgan fingerprint density at radius 1 is 1.56 bits per heavy atom. The third-order valence-electron chi connectivity index (χ3n) is 2.48. The second-order valence-corrected chi connectivity index (χ2v) is 4.32. The average molecular weight is 257 g/mol. The van der Waals surface area contributed by atoms with Gasteiger partial charge in [0.25, 0.3) is 0 Å². The number of carbonyl (C=O) groups is 1. The van der Waals surface area contributed by atoms with Gasteiger partial charge < -0.3 is 4.90 Å². The summed E-state index contributed by atoms with van der Waals surface area (Å²) in [6, 6.07) is 3.57. The van der Waals surface area contributed by atoms with Crippen molar-refractivity contribution in [3.05, 3.63) is 35.6 Å². The number of nitrogens with zero attached hydrogens (tertiary/aromatic N) is 2. The maximum Gasteiger partial charge on any atom is 0.228 e. The van der Waals surface area contributed by atoms with E-state index in [1.165, 1.54) is 0 Å². The average Bonchev–Trinajstić information content (AvgIpc) is 2.30. The minimum absolute atomic E-state index is 0.194. The normalized spacial score (nSPS) is 19.9. The maximum absolute atomic E-state index is 11.0. The molecule has 0 N–H and O–H groups in total. The van der Waals surface area contributed by atoms with Crippen molar-refractivity contribution in [2.24, 2.45) is 5.92 Å². The van der Waals surface area contributed by atoms with E-state index in [0.717, 1.165) is 0 Å². The molecular formula is C11H10Cl2N2O. The lowest BCUT2D eigenvalue weighted by atomic mass is 10.0. The van der Waals surface area contributed by atoms with E-state index in [0.29, 0.717) is 23.8 Å². The van der Waals surface area contributed by atoms with Crippen molar-refractivity contribution < 1.29 is 4.79 Å². The number of halogens is 2. The zero-order chi connectivity index (χ0) is 11.5. The summed E-state index contributed by atoms with van der Waals surface area (Å²) in [5, 5.41) is 0.283. The molecule has 0 bridgehead atoms. The Bertz CT molecular complexity index is 434. The lowest BCUT2D eigenvalue weighted by Crippen LogP contribution is -2.27. The van der Waals surface area contributed by atoms with E-state index in [9.17, 15) is 4.79 Å². The molecule has 0 saturated heterocycles. The van der Waals surface area contributed by atoms with Crippen molar-refractivity contribution in [1.29, 1.82) is 0 Å². The van der Waals surface area contributed by atoms with E-state index in [1.54, 1.807) is 24.4 Å². The molecule has 1 aliphatic heterocycles. The number of hydrogen-bond donors (Lipinski definition) is 0. The van der Waals surface area contributed by atoms with Gasteiger partial charge in [-0.3, -0.25) is 4.79 Å². The highest BCUT2D eigenvalue weighted by atomic mass is 35.5. The summed E-state index contributed by atoms with van der Waals surface area (Å²) in [6.07, 6.45) is 5.96. The van der Waals surface area contributed by atoms with Crippen LogP contribution in [0.15, 0.2) is 30.6 Å². The van der Waals surface area contributed by atoms with Gasteiger partial charge >= 0.3 is 0 Å². The summed E-state index contributed by atoms with van der Waals surface area (Å²) in [5.41, 5.74) is 0. The van der Waals surface area contributed by atoms with Crippen LogP contribution >= 0.6 is 23.2 Å². The molecule has 0 saturated carbocycles. The van der Waals surface area contributed by atoms with Crippen LogP contribution in [0, 0.1) is 5.92 Å². The van der Waals surface area contributed by atoms with Gasteiger partial charge in [0.05, 0.1) is 10.9 Å². The Morgan fingerprint density at radius 2 is 2.38 bits per heavy atom. The zero-order valence-corrected chi connectivity index (χ0v) is 9.95. The zero-order valence-electron chi connectivity index (χ0n) is 8.44. The fraction of sp³-hybridized carbons (Fsp3) is 0.273. The lowest BCUT2D eigenvalue weighted by Gasteiger charge is -2.25. The van der Waals surface area contributed by atoms with Crippen LogP contribution in [0.5, 0.6) is 0 Å². The summed E-state index contributed by atoms with van der Waals surface area (Å²) in [5.74, 6) is 0.515. The monoisotopic (exact) mass is 256 g/mol. The lowest BCUT2D eigenvalue weighted by molar-refractivity contribution is -0.114. The number of carbonyl (C=O) groups excluding carboxylic acids is 1. The summed E-state index contributed by atoms with van der Waals surface area (Å²) in [7, 11) is 0. The topological polar surface area (TPSA) is 33.2 Å². The van der Waals surface area contributed by atoms with Crippen LogP contribution in [0.1, 0.15) is 6.42 Å². The van der Waals surface area contributed by atoms with Gasteiger partial charge in [-0.25, -0.2) is 4.98 Å². The molecule has 5 heteroatoms. The molecule has 1 aromatic rings. The highest BCUT2D eigenvalue weighted by Crippen LogP contribution is 2.26. The van der Waals surface area contributed by atoms with Gasteiger partial charge in [0, 0.05) is 18.9 Å². The third kappa shape index (κ3) is 2.36. The largest absolute Gasteiger partial charge is 0.332 e. The molecule has 0 radical (unpaired) electrons. The SMILES string of the molecule is O=C(Cl)C1C=CN(c2ncccc2Cl)CC1. The van der Waals surface area contributed by atoms with Gasteiger partial charge in [-0.15, -0.1) is 0 Å². The number of anilines is 1. The molecule has 16 heavy (non-hydrogen) atoms. The van der Waals surface area contributed by atoms with Crippen molar-refractivity contribution in [2.75, 3.05) is 11.4 Å². The molecule has 0 fully saturated rings. The van der Waals surface area contributed by atoms with E-state index in [-0.39, 0.29) is 11.2 Å².